The minimum atomic E-state index is -0.230. The van der Waals surface area contributed by atoms with Crippen LogP contribution in [0.3, 0.4) is 0 Å². The van der Waals surface area contributed by atoms with Gasteiger partial charge in [-0.1, -0.05) is 49.4 Å². The summed E-state index contributed by atoms with van der Waals surface area (Å²) in [5.74, 6) is -0.416. The molecule has 0 radical (unpaired) electrons. The van der Waals surface area contributed by atoms with E-state index in [0.29, 0.717) is 28.1 Å². The second-order valence-electron chi connectivity index (χ2n) is 11.5. The number of nitrogens with zero attached hydrogens (tertiary/aromatic N) is 3. The van der Waals surface area contributed by atoms with Crippen LogP contribution in [0.4, 0.5) is 11.4 Å². The van der Waals surface area contributed by atoms with Gasteiger partial charge in [0, 0.05) is 73.2 Å². The van der Waals surface area contributed by atoms with Gasteiger partial charge in [-0.25, -0.2) is 0 Å². The van der Waals surface area contributed by atoms with Crippen molar-refractivity contribution in [1.82, 2.24) is 20.1 Å². The second kappa shape index (κ2) is 13.2. The summed E-state index contributed by atoms with van der Waals surface area (Å²) in [6.45, 7) is 7.26. The number of anilines is 2. The summed E-state index contributed by atoms with van der Waals surface area (Å²) in [5, 5.41) is 9.66. The Bertz CT molecular complexity index is 1650. The summed E-state index contributed by atoms with van der Waals surface area (Å²) in [5.41, 5.74) is 6.88. The van der Waals surface area contributed by atoms with Crippen LogP contribution in [0.2, 0.25) is 0 Å². The first-order chi connectivity index (χ1) is 21.5. The molecule has 0 aliphatic carbocycles. The quantitative estimate of drug-likeness (QED) is 0.220. The van der Waals surface area contributed by atoms with Crippen molar-refractivity contribution >= 4 is 34.5 Å². The van der Waals surface area contributed by atoms with Crippen molar-refractivity contribution in [3.05, 3.63) is 125 Å². The molecule has 2 aliphatic heterocycles. The lowest BCUT2D eigenvalue weighted by molar-refractivity contribution is -0.110. The molecule has 2 amide bonds. The zero-order valence-corrected chi connectivity index (χ0v) is 25.2. The van der Waals surface area contributed by atoms with Crippen molar-refractivity contribution in [3.8, 4) is 0 Å². The molecular weight excluding hydrogens is 548 g/mol. The number of hydrogen-bond donors (Lipinski definition) is 3. The predicted octanol–water partition coefficient (Wildman–Crippen LogP) is 5.64. The predicted molar refractivity (Wildman–Crippen MR) is 176 cm³/mol. The molecule has 0 saturated carbocycles. The summed E-state index contributed by atoms with van der Waals surface area (Å²) < 4.78 is 0. The highest BCUT2D eigenvalue weighted by molar-refractivity contribution is 6.37. The van der Waals surface area contributed by atoms with E-state index in [1.165, 1.54) is 5.56 Å². The Morgan fingerprint density at radius 3 is 2.41 bits per heavy atom. The van der Waals surface area contributed by atoms with Gasteiger partial charge in [0.15, 0.2) is 0 Å². The Kier molecular flexibility index (Phi) is 8.81. The van der Waals surface area contributed by atoms with Crippen LogP contribution in [0.15, 0.2) is 97.3 Å². The molecule has 4 aromatic rings. The molecule has 0 spiro atoms. The Morgan fingerprint density at radius 1 is 0.932 bits per heavy atom. The van der Waals surface area contributed by atoms with Crippen molar-refractivity contribution in [2.75, 3.05) is 43.9 Å². The highest BCUT2D eigenvalue weighted by Gasteiger charge is 2.30. The number of hydrogen-bond acceptors (Lipinski definition) is 6. The lowest BCUT2D eigenvalue weighted by atomic mass is 9.98. The minimum absolute atomic E-state index is 0.112. The van der Waals surface area contributed by atoms with Crippen molar-refractivity contribution < 1.29 is 9.59 Å². The van der Waals surface area contributed by atoms with Crippen molar-refractivity contribution in [2.45, 2.75) is 25.9 Å². The first-order valence-electron chi connectivity index (χ1n) is 15.2. The fourth-order valence-corrected chi connectivity index (χ4v) is 5.80. The Hall–Kier alpha value is -4.79. The lowest BCUT2D eigenvalue weighted by Crippen LogP contribution is -2.43. The Balaban J connectivity index is 1.29. The van der Waals surface area contributed by atoms with Gasteiger partial charge in [-0.3, -0.25) is 19.5 Å². The maximum atomic E-state index is 13.5. The molecule has 3 N–H and O–H groups in total. The first-order valence-corrected chi connectivity index (χ1v) is 15.2. The summed E-state index contributed by atoms with van der Waals surface area (Å²) in [6, 6.07) is 27.3. The number of nitrogens with one attached hydrogen (secondary N) is 3. The van der Waals surface area contributed by atoms with E-state index in [2.05, 4.69) is 69.0 Å². The third-order valence-electron chi connectivity index (χ3n) is 8.37. The first kappa shape index (κ1) is 29.3. The molecule has 0 unspecified atom stereocenters. The van der Waals surface area contributed by atoms with Gasteiger partial charge in [0.1, 0.15) is 0 Å². The van der Waals surface area contributed by atoms with Crippen LogP contribution in [-0.2, 0) is 11.3 Å². The zero-order valence-electron chi connectivity index (χ0n) is 25.2. The van der Waals surface area contributed by atoms with Gasteiger partial charge in [-0.15, -0.1) is 0 Å². The summed E-state index contributed by atoms with van der Waals surface area (Å²) >= 11 is 0. The summed E-state index contributed by atoms with van der Waals surface area (Å²) in [4.78, 5) is 36.1. The topological polar surface area (TPSA) is 89.6 Å². The molecule has 224 valence electrons. The smallest absolute Gasteiger partial charge is 0.258 e. The minimum Gasteiger partial charge on any atom is -0.354 e. The molecule has 44 heavy (non-hydrogen) atoms. The normalized spacial score (nSPS) is 17.0. The van der Waals surface area contributed by atoms with Crippen molar-refractivity contribution in [2.24, 2.45) is 0 Å². The molecular formula is C36H38N6O2. The molecule has 0 bridgehead atoms. The average Bonchev–Trinajstić information content (AvgIpc) is 3.39. The van der Waals surface area contributed by atoms with Gasteiger partial charge in [0.25, 0.3) is 11.8 Å². The van der Waals surface area contributed by atoms with E-state index < -0.39 is 0 Å². The van der Waals surface area contributed by atoms with E-state index in [1.807, 2.05) is 42.5 Å². The van der Waals surface area contributed by atoms with E-state index in [1.54, 1.807) is 30.6 Å². The van der Waals surface area contributed by atoms with E-state index in [4.69, 9.17) is 0 Å². The van der Waals surface area contributed by atoms with E-state index in [0.717, 1.165) is 56.0 Å². The largest absolute Gasteiger partial charge is 0.354 e. The molecule has 3 heterocycles. The third-order valence-corrected chi connectivity index (χ3v) is 8.37. The number of piperazine rings is 1. The van der Waals surface area contributed by atoms with Gasteiger partial charge in [0.2, 0.25) is 0 Å². The fourth-order valence-electron chi connectivity index (χ4n) is 5.80. The molecule has 1 aromatic heterocycles. The lowest BCUT2D eigenvalue weighted by Gasteiger charge is -2.32. The zero-order chi connectivity index (χ0) is 30.5. The number of amides is 2. The van der Waals surface area contributed by atoms with Gasteiger partial charge in [-0.05, 0) is 67.1 Å². The summed E-state index contributed by atoms with van der Waals surface area (Å²) in [6.07, 6.45) is 4.21. The van der Waals surface area contributed by atoms with Crippen LogP contribution < -0.4 is 16.0 Å². The molecule has 2 aliphatic rings. The van der Waals surface area contributed by atoms with E-state index in [9.17, 15) is 9.59 Å². The SMILES string of the molecule is CC[C@@H](NC(=O)c1ccc2c(c1)C(=C(Nc1ccc(CN3CCN(C)CC3)cc1)c1cccnc1)C(=O)N2)c1ccccc1. The number of carbonyl (C=O) groups excluding carboxylic acids is 2. The fraction of sp³-hybridized carbons (Fsp3) is 0.250. The number of carbonyl (C=O) groups is 2. The average molecular weight is 587 g/mol. The Labute approximate surface area is 258 Å². The highest BCUT2D eigenvalue weighted by Crippen LogP contribution is 2.38. The van der Waals surface area contributed by atoms with Crippen molar-refractivity contribution in [1.29, 1.82) is 0 Å². The number of pyridine rings is 1. The number of fused-ring (bicyclic) bond motifs is 1. The molecule has 8 nitrogen and oxygen atoms in total. The second-order valence-corrected chi connectivity index (χ2v) is 11.5. The number of rotatable bonds is 9. The van der Waals surface area contributed by atoms with Crippen LogP contribution in [0, 0.1) is 0 Å². The van der Waals surface area contributed by atoms with Crippen LogP contribution in [0.25, 0.3) is 11.3 Å². The van der Waals surface area contributed by atoms with Crippen LogP contribution in [0.1, 0.15) is 52.0 Å². The van der Waals surface area contributed by atoms with Gasteiger partial charge in [-0.2, -0.15) is 0 Å². The van der Waals surface area contributed by atoms with E-state index in [-0.39, 0.29) is 17.9 Å². The number of likely N-dealkylation sites (N-methyl/N-ethyl adjacent to an activating group) is 1. The van der Waals surface area contributed by atoms with Crippen LogP contribution >= 0.6 is 0 Å². The Morgan fingerprint density at radius 2 is 1.70 bits per heavy atom. The maximum Gasteiger partial charge on any atom is 0.258 e. The van der Waals surface area contributed by atoms with Gasteiger partial charge >= 0.3 is 0 Å². The number of benzene rings is 3. The van der Waals surface area contributed by atoms with Gasteiger partial charge in [0.05, 0.1) is 17.3 Å². The van der Waals surface area contributed by atoms with E-state index >= 15 is 0 Å². The van der Waals surface area contributed by atoms with Crippen LogP contribution in [0.5, 0.6) is 0 Å². The van der Waals surface area contributed by atoms with Crippen LogP contribution in [-0.4, -0.2) is 59.8 Å². The molecule has 1 fully saturated rings. The highest BCUT2D eigenvalue weighted by atomic mass is 16.2. The molecule has 1 saturated heterocycles. The molecule has 1 atom stereocenters. The third kappa shape index (κ3) is 6.56. The number of aromatic nitrogens is 1. The monoisotopic (exact) mass is 586 g/mol. The van der Waals surface area contributed by atoms with Crippen molar-refractivity contribution in [3.63, 3.8) is 0 Å². The maximum absolute atomic E-state index is 13.5. The standard InChI is InChI=1S/C36H38N6O2/c1-3-31(26-8-5-4-6-9-26)39-35(43)27-13-16-32-30(22-27)33(36(44)40-32)34(28-10-7-17-37-23-28)38-29-14-11-25(12-15-29)24-42-20-18-41(2)19-21-42/h4-17,22-23,31,38H,3,18-21,24H2,1-2H3,(H,39,43)(H,40,44)/t31-/m1/s1. The van der Waals surface area contributed by atoms with Gasteiger partial charge < -0.3 is 20.9 Å². The molecule has 6 rings (SSSR count). The molecule has 8 heteroatoms. The summed E-state index contributed by atoms with van der Waals surface area (Å²) in [7, 11) is 2.17. The molecule has 3 aromatic carbocycles.